The summed E-state index contributed by atoms with van der Waals surface area (Å²) in [6, 6.07) is 20.4. The molecule has 0 radical (unpaired) electrons. The third-order valence-corrected chi connectivity index (χ3v) is 6.39. The Morgan fingerprint density at radius 2 is 1.78 bits per heavy atom. The van der Waals surface area contributed by atoms with Crippen molar-refractivity contribution in [3.8, 4) is 11.1 Å². The molecule has 37 heavy (non-hydrogen) atoms. The fourth-order valence-electron chi connectivity index (χ4n) is 4.40. The summed E-state index contributed by atoms with van der Waals surface area (Å²) in [5.41, 5.74) is 2.11. The highest BCUT2D eigenvalue weighted by molar-refractivity contribution is 7.80. The molecule has 1 aliphatic heterocycles. The number of carbonyl (C=O) groups is 1. The van der Waals surface area contributed by atoms with Crippen LogP contribution in [0.15, 0.2) is 82.0 Å². The first-order valence-electron chi connectivity index (χ1n) is 11.7. The Balaban J connectivity index is 1.31. The highest BCUT2D eigenvalue weighted by Gasteiger charge is 2.24. The predicted molar refractivity (Wildman–Crippen MR) is 146 cm³/mol. The van der Waals surface area contributed by atoms with Crippen molar-refractivity contribution in [2.75, 3.05) is 23.3 Å². The number of anilines is 2. The number of nitrogens with one attached hydrogen (secondary N) is 2. The van der Waals surface area contributed by atoms with E-state index >= 15 is 0 Å². The molecule has 5 rings (SSSR count). The molecule has 1 saturated heterocycles. The summed E-state index contributed by atoms with van der Waals surface area (Å²) in [6.45, 7) is 1.50. The Kier molecular flexibility index (Phi) is 6.65. The van der Waals surface area contributed by atoms with Gasteiger partial charge in [0.1, 0.15) is 11.3 Å². The van der Waals surface area contributed by atoms with Gasteiger partial charge in [0.25, 0.3) is 11.6 Å². The van der Waals surface area contributed by atoms with Gasteiger partial charge in [-0.05, 0) is 67.0 Å². The highest BCUT2D eigenvalue weighted by atomic mass is 32.1. The lowest BCUT2D eigenvalue weighted by atomic mass is 10.1. The zero-order valence-electron chi connectivity index (χ0n) is 19.6. The number of para-hydroxylation sites is 1. The van der Waals surface area contributed by atoms with E-state index in [2.05, 4.69) is 10.6 Å². The van der Waals surface area contributed by atoms with Gasteiger partial charge in [0.15, 0.2) is 5.11 Å². The van der Waals surface area contributed by atoms with E-state index < -0.39 is 16.5 Å². The molecule has 2 N–H and O–H groups in total. The van der Waals surface area contributed by atoms with Crippen LogP contribution in [0, 0.1) is 10.1 Å². The summed E-state index contributed by atoms with van der Waals surface area (Å²) in [4.78, 5) is 38.4. The number of fused-ring (bicyclic) bond motifs is 1. The Hall–Kier alpha value is -4.57. The van der Waals surface area contributed by atoms with Crippen LogP contribution in [0.1, 0.15) is 23.2 Å². The van der Waals surface area contributed by atoms with Crippen molar-refractivity contribution >= 4 is 51.3 Å². The summed E-state index contributed by atoms with van der Waals surface area (Å²) in [6.07, 6.45) is 1.96. The minimum atomic E-state index is -0.570. The molecule has 1 fully saturated rings. The van der Waals surface area contributed by atoms with Gasteiger partial charge in [-0.15, -0.1) is 0 Å². The zero-order chi connectivity index (χ0) is 25.9. The first kappa shape index (κ1) is 24.1. The first-order valence-corrected chi connectivity index (χ1v) is 12.1. The van der Waals surface area contributed by atoms with Gasteiger partial charge in [-0.25, -0.2) is 4.79 Å². The maximum atomic E-state index is 12.8. The Morgan fingerprint density at radius 1 is 1.00 bits per heavy atom. The van der Waals surface area contributed by atoms with Gasteiger partial charge < -0.3 is 14.6 Å². The van der Waals surface area contributed by atoms with Crippen LogP contribution in [0.5, 0.6) is 0 Å². The van der Waals surface area contributed by atoms with Crippen molar-refractivity contribution in [1.82, 2.24) is 5.32 Å². The summed E-state index contributed by atoms with van der Waals surface area (Å²) < 4.78 is 5.43. The van der Waals surface area contributed by atoms with E-state index in [9.17, 15) is 19.7 Å². The number of carbonyl (C=O) groups excluding carboxylic acids is 1. The number of rotatable bonds is 5. The van der Waals surface area contributed by atoms with Crippen LogP contribution in [0.4, 0.5) is 17.1 Å². The zero-order valence-corrected chi connectivity index (χ0v) is 20.4. The third kappa shape index (κ3) is 5.19. The minimum Gasteiger partial charge on any atom is -0.422 e. The average molecular weight is 515 g/mol. The van der Waals surface area contributed by atoms with E-state index in [1.165, 1.54) is 6.07 Å². The van der Waals surface area contributed by atoms with Crippen molar-refractivity contribution in [3.05, 3.63) is 98.9 Å². The molecule has 186 valence electrons. The summed E-state index contributed by atoms with van der Waals surface area (Å²) in [5.74, 6) is -0.570. The van der Waals surface area contributed by atoms with Crippen molar-refractivity contribution in [1.29, 1.82) is 0 Å². The summed E-state index contributed by atoms with van der Waals surface area (Å²) in [7, 11) is 0. The van der Waals surface area contributed by atoms with Gasteiger partial charge in [-0.1, -0.05) is 30.3 Å². The molecule has 1 aliphatic rings. The van der Waals surface area contributed by atoms with Crippen LogP contribution >= 0.6 is 12.2 Å². The molecule has 10 heteroatoms. The number of nitrogens with zero attached hydrogens (tertiary/aromatic N) is 2. The maximum Gasteiger partial charge on any atom is 0.344 e. The molecule has 0 spiro atoms. The maximum absolute atomic E-state index is 12.8. The van der Waals surface area contributed by atoms with Gasteiger partial charge in [-0.2, -0.15) is 0 Å². The van der Waals surface area contributed by atoms with E-state index in [0.717, 1.165) is 31.3 Å². The molecule has 0 saturated carbocycles. The fourth-order valence-corrected chi connectivity index (χ4v) is 4.61. The second kappa shape index (κ2) is 10.2. The van der Waals surface area contributed by atoms with Crippen LogP contribution in [0.25, 0.3) is 22.1 Å². The fraction of sp³-hybridized carbons (Fsp3) is 0.148. The quantitative estimate of drug-likeness (QED) is 0.164. The van der Waals surface area contributed by atoms with E-state index in [1.54, 1.807) is 54.6 Å². The van der Waals surface area contributed by atoms with E-state index in [4.69, 9.17) is 16.6 Å². The van der Waals surface area contributed by atoms with Crippen LogP contribution in [0.2, 0.25) is 0 Å². The lowest BCUT2D eigenvalue weighted by Crippen LogP contribution is -2.34. The van der Waals surface area contributed by atoms with Crippen LogP contribution in [0.3, 0.4) is 0 Å². The standard InChI is InChI=1S/C27H22N4O5S/c32-25(19-10-11-22(23(16-19)31(34)35)30-12-3-4-13-30)29-27(37)28-20-8-5-7-17(14-20)21-15-18-6-1-2-9-24(18)36-26(21)33/h1-2,5-11,14-16H,3-4,12-13H2,(H2,28,29,32,37). The van der Waals surface area contributed by atoms with Crippen molar-refractivity contribution in [3.63, 3.8) is 0 Å². The van der Waals surface area contributed by atoms with Crippen molar-refractivity contribution in [2.45, 2.75) is 12.8 Å². The normalized spacial score (nSPS) is 12.9. The molecule has 3 aromatic carbocycles. The topological polar surface area (TPSA) is 118 Å². The number of nitro benzene ring substituents is 1. The molecule has 0 unspecified atom stereocenters. The Labute approximate surface area is 216 Å². The second-order valence-electron chi connectivity index (χ2n) is 8.63. The second-order valence-corrected chi connectivity index (χ2v) is 9.04. The number of nitro groups is 1. The largest absolute Gasteiger partial charge is 0.422 e. The van der Waals surface area contributed by atoms with Crippen LogP contribution < -0.4 is 21.2 Å². The molecule has 1 amide bonds. The highest BCUT2D eigenvalue weighted by Crippen LogP contribution is 2.31. The number of hydrogen-bond acceptors (Lipinski definition) is 7. The summed E-state index contributed by atoms with van der Waals surface area (Å²) >= 11 is 5.29. The summed E-state index contributed by atoms with van der Waals surface area (Å²) in [5, 5.41) is 17.9. The number of benzene rings is 3. The molecule has 0 bridgehead atoms. The lowest BCUT2D eigenvalue weighted by Gasteiger charge is -2.18. The monoisotopic (exact) mass is 514 g/mol. The molecule has 0 atom stereocenters. The van der Waals surface area contributed by atoms with Gasteiger partial charge in [0.05, 0.1) is 10.5 Å². The lowest BCUT2D eigenvalue weighted by molar-refractivity contribution is -0.384. The third-order valence-electron chi connectivity index (χ3n) is 6.18. The van der Waals surface area contributed by atoms with Gasteiger partial charge in [0.2, 0.25) is 0 Å². The van der Waals surface area contributed by atoms with Crippen LogP contribution in [-0.4, -0.2) is 29.0 Å². The van der Waals surface area contributed by atoms with Gasteiger partial charge in [-0.3, -0.25) is 20.2 Å². The van der Waals surface area contributed by atoms with Gasteiger partial charge in [0, 0.05) is 35.8 Å². The van der Waals surface area contributed by atoms with Crippen LogP contribution in [-0.2, 0) is 0 Å². The number of thiocarbonyl (C=S) groups is 1. The first-order chi connectivity index (χ1) is 17.9. The van der Waals surface area contributed by atoms with Crippen molar-refractivity contribution in [2.24, 2.45) is 0 Å². The molecule has 1 aromatic heterocycles. The van der Waals surface area contributed by atoms with Crippen molar-refractivity contribution < 1.29 is 14.1 Å². The Morgan fingerprint density at radius 3 is 2.57 bits per heavy atom. The molecule has 4 aromatic rings. The predicted octanol–water partition coefficient (Wildman–Crippen LogP) is 5.10. The van der Waals surface area contributed by atoms with E-state index in [-0.39, 0.29) is 16.4 Å². The smallest absolute Gasteiger partial charge is 0.344 e. The molecular weight excluding hydrogens is 492 g/mol. The molecule has 9 nitrogen and oxygen atoms in total. The van der Waals surface area contributed by atoms with Gasteiger partial charge >= 0.3 is 5.63 Å². The number of hydrogen-bond donors (Lipinski definition) is 2. The SMILES string of the molecule is O=C(NC(=S)Nc1cccc(-c2cc3ccccc3oc2=O)c1)c1ccc(N2CCCC2)c([N+](=O)[O-])c1. The average Bonchev–Trinajstić information content (AvgIpc) is 3.43. The molecular formula is C27H22N4O5S. The Bertz CT molecular complexity index is 1590. The number of amides is 1. The molecule has 2 heterocycles. The molecule has 0 aliphatic carbocycles. The van der Waals surface area contributed by atoms with E-state index in [0.29, 0.717) is 28.1 Å². The minimum absolute atomic E-state index is 0.0129. The van der Waals surface area contributed by atoms with E-state index in [1.807, 2.05) is 17.0 Å².